The second-order valence-electron chi connectivity index (χ2n) is 4.35. The van der Waals surface area contributed by atoms with Crippen LogP contribution < -0.4 is 10.6 Å². The van der Waals surface area contributed by atoms with Gasteiger partial charge in [-0.1, -0.05) is 23.2 Å². The highest BCUT2D eigenvalue weighted by Gasteiger charge is 2.17. The Morgan fingerprint density at radius 2 is 2.00 bits per heavy atom. The summed E-state index contributed by atoms with van der Waals surface area (Å²) in [4.78, 5) is 38.5. The average molecular weight is 372 g/mol. The number of carbonyl (C=O) groups excluding carboxylic acids is 3. The molecule has 126 valence electrons. The summed E-state index contributed by atoms with van der Waals surface area (Å²) in [5, 5.41) is 4.46. The summed E-state index contributed by atoms with van der Waals surface area (Å²) in [5.41, 5.74) is -0.223. The lowest BCUT2D eigenvalue weighted by Gasteiger charge is -2.07. The van der Waals surface area contributed by atoms with E-state index >= 15 is 0 Å². The second-order valence-corrected chi connectivity index (χ2v) is 5.15. The smallest absolute Gasteiger partial charge is 0.359 e. The molecule has 0 saturated carbocycles. The molecule has 2 heterocycles. The average Bonchev–Trinajstić information content (AvgIpc) is 3.06. The Morgan fingerprint density at radius 3 is 2.71 bits per heavy atom. The Morgan fingerprint density at radius 1 is 1.21 bits per heavy atom. The van der Waals surface area contributed by atoms with E-state index in [0.29, 0.717) is 5.76 Å². The quantitative estimate of drug-likeness (QED) is 0.615. The van der Waals surface area contributed by atoms with Crippen LogP contribution in [-0.2, 0) is 16.1 Å². The van der Waals surface area contributed by atoms with Gasteiger partial charge < -0.3 is 14.5 Å². The van der Waals surface area contributed by atoms with Crippen LogP contribution >= 0.6 is 23.2 Å². The second kappa shape index (κ2) is 8.32. The van der Waals surface area contributed by atoms with Gasteiger partial charge in [0.1, 0.15) is 10.9 Å². The third-order valence-electron chi connectivity index (χ3n) is 2.60. The summed E-state index contributed by atoms with van der Waals surface area (Å²) in [6, 6.07) is 5.33. The van der Waals surface area contributed by atoms with Crippen molar-refractivity contribution < 1.29 is 23.5 Å². The molecule has 0 radical (unpaired) electrons. The third-order valence-corrected chi connectivity index (χ3v) is 3.11. The lowest BCUT2D eigenvalue weighted by Crippen LogP contribution is -2.41. The first-order valence-electron chi connectivity index (χ1n) is 6.55. The van der Waals surface area contributed by atoms with Crippen molar-refractivity contribution >= 4 is 41.1 Å². The molecule has 0 unspecified atom stereocenters. The zero-order chi connectivity index (χ0) is 17.5. The first-order chi connectivity index (χ1) is 11.5. The van der Waals surface area contributed by atoms with E-state index in [0.717, 1.165) is 0 Å². The predicted molar refractivity (Wildman–Crippen MR) is 83.6 cm³/mol. The van der Waals surface area contributed by atoms with Gasteiger partial charge in [0, 0.05) is 0 Å². The number of urea groups is 1. The Kier molecular flexibility index (Phi) is 6.16. The summed E-state index contributed by atoms with van der Waals surface area (Å²) in [6.45, 7) is -0.578. The molecule has 0 bridgehead atoms. The summed E-state index contributed by atoms with van der Waals surface area (Å²) < 4.78 is 9.73. The number of aromatic nitrogens is 1. The Balaban J connectivity index is 1.77. The third kappa shape index (κ3) is 5.25. The van der Waals surface area contributed by atoms with Gasteiger partial charge in [-0.05, 0) is 24.3 Å². The number of ether oxygens (including phenoxy) is 1. The van der Waals surface area contributed by atoms with Crippen LogP contribution in [-0.4, -0.2) is 29.5 Å². The molecular formula is C14H11Cl2N3O5. The van der Waals surface area contributed by atoms with Gasteiger partial charge in [-0.15, -0.1) is 0 Å². The normalized spacial score (nSPS) is 10.1. The van der Waals surface area contributed by atoms with Crippen LogP contribution in [0.5, 0.6) is 0 Å². The maximum absolute atomic E-state index is 11.8. The van der Waals surface area contributed by atoms with Gasteiger partial charge in [0.05, 0.1) is 17.8 Å². The highest BCUT2D eigenvalue weighted by Crippen LogP contribution is 2.17. The van der Waals surface area contributed by atoms with E-state index in [1.165, 1.54) is 18.4 Å². The number of furan rings is 1. The number of imide groups is 1. The number of esters is 1. The van der Waals surface area contributed by atoms with Gasteiger partial charge in [0.15, 0.2) is 12.3 Å². The highest BCUT2D eigenvalue weighted by molar-refractivity contribution is 6.34. The summed E-state index contributed by atoms with van der Waals surface area (Å²) >= 11 is 11.4. The van der Waals surface area contributed by atoms with Crippen molar-refractivity contribution in [1.29, 1.82) is 0 Å². The molecule has 0 aliphatic rings. The molecule has 8 nitrogen and oxygen atoms in total. The molecule has 3 amide bonds. The van der Waals surface area contributed by atoms with Gasteiger partial charge in [-0.3, -0.25) is 10.1 Å². The fraction of sp³-hybridized carbons (Fsp3) is 0.143. The number of carbonyl (C=O) groups is 3. The maximum atomic E-state index is 11.8. The zero-order valence-electron chi connectivity index (χ0n) is 12.0. The molecule has 0 aliphatic heterocycles. The molecule has 10 heteroatoms. The Labute approximate surface area is 146 Å². The van der Waals surface area contributed by atoms with Crippen molar-refractivity contribution in [3.8, 4) is 0 Å². The van der Waals surface area contributed by atoms with E-state index in [1.54, 1.807) is 12.1 Å². The Hall–Kier alpha value is -2.58. The lowest BCUT2D eigenvalue weighted by molar-refractivity contribution is -0.123. The number of hydrogen-bond donors (Lipinski definition) is 2. The van der Waals surface area contributed by atoms with E-state index < -0.39 is 24.5 Å². The number of halogens is 2. The van der Waals surface area contributed by atoms with Crippen molar-refractivity contribution in [2.45, 2.75) is 6.54 Å². The van der Waals surface area contributed by atoms with E-state index in [1.807, 2.05) is 5.32 Å². The molecule has 0 aliphatic carbocycles. The summed E-state index contributed by atoms with van der Waals surface area (Å²) in [6.07, 6.45) is 1.45. The minimum Gasteiger partial charge on any atom is -0.467 e. The number of rotatable bonds is 5. The van der Waals surface area contributed by atoms with Crippen molar-refractivity contribution in [3.05, 3.63) is 52.2 Å². The fourth-order valence-corrected chi connectivity index (χ4v) is 1.88. The standard InChI is InChI=1S/C14H11Cl2N3O5/c15-9-3-4-10(16)18-12(9)13(21)24-7-11(20)19-14(22)17-6-8-2-1-5-23-8/h1-5H,6-7H2,(H2,17,19,20,22). The van der Waals surface area contributed by atoms with Crippen molar-refractivity contribution in [3.63, 3.8) is 0 Å². The number of amides is 3. The molecule has 0 saturated heterocycles. The molecular weight excluding hydrogens is 361 g/mol. The van der Waals surface area contributed by atoms with E-state index in [9.17, 15) is 14.4 Å². The van der Waals surface area contributed by atoms with Crippen molar-refractivity contribution in [2.75, 3.05) is 6.61 Å². The summed E-state index contributed by atoms with van der Waals surface area (Å²) in [5.74, 6) is -1.24. The molecule has 2 N–H and O–H groups in total. The predicted octanol–water partition coefficient (Wildman–Crippen LogP) is 2.16. The number of nitrogens with one attached hydrogen (secondary N) is 2. The van der Waals surface area contributed by atoms with Gasteiger partial charge >= 0.3 is 12.0 Å². The fourth-order valence-electron chi connectivity index (χ4n) is 1.55. The first-order valence-corrected chi connectivity index (χ1v) is 7.30. The van der Waals surface area contributed by atoms with Gasteiger partial charge in [-0.2, -0.15) is 0 Å². The molecule has 0 spiro atoms. The van der Waals surface area contributed by atoms with Crippen LogP contribution in [0.4, 0.5) is 4.79 Å². The molecule has 2 aromatic heterocycles. The van der Waals surface area contributed by atoms with Crippen molar-refractivity contribution in [2.24, 2.45) is 0 Å². The van der Waals surface area contributed by atoms with Crippen LogP contribution in [0.2, 0.25) is 10.2 Å². The van der Waals surface area contributed by atoms with Crippen LogP contribution in [0.3, 0.4) is 0 Å². The van der Waals surface area contributed by atoms with Crippen LogP contribution in [0.15, 0.2) is 34.9 Å². The monoisotopic (exact) mass is 371 g/mol. The van der Waals surface area contributed by atoms with Crippen LogP contribution in [0.25, 0.3) is 0 Å². The molecule has 2 aromatic rings. The zero-order valence-corrected chi connectivity index (χ0v) is 13.6. The molecule has 24 heavy (non-hydrogen) atoms. The number of pyridine rings is 1. The van der Waals surface area contributed by atoms with Crippen LogP contribution in [0, 0.1) is 0 Å². The lowest BCUT2D eigenvalue weighted by atomic mass is 10.3. The maximum Gasteiger partial charge on any atom is 0.359 e. The van der Waals surface area contributed by atoms with Gasteiger partial charge in [0.25, 0.3) is 5.91 Å². The van der Waals surface area contributed by atoms with Crippen LogP contribution in [0.1, 0.15) is 16.2 Å². The van der Waals surface area contributed by atoms with E-state index in [-0.39, 0.29) is 22.4 Å². The highest BCUT2D eigenvalue weighted by atomic mass is 35.5. The van der Waals surface area contributed by atoms with E-state index in [4.69, 9.17) is 32.4 Å². The largest absolute Gasteiger partial charge is 0.467 e. The summed E-state index contributed by atoms with van der Waals surface area (Å²) in [7, 11) is 0. The first kappa shape index (κ1) is 17.8. The number of nitrogens with zero attached hydrogens (tertiary/aromatic N) is 1. The molecule has 2 rings (SSSR count). The van der Waals surface area contributed by atoms with Gasteiger partial charge in [0.2, 0.25) is 0 Å². The molecule has 0 fully saturated rings. The molecule has 0 aromatic carbocycles. The topological polar surface area (TPSA) is 111 Å². The SMILES string of the molecule is O=C(COC(=O)c1nc(Cl)ccc1Cl)NC(=O)NCc1ccco1. The minimum atomic E-state index is -0.936. The van der Waals surface area contributed by atoms with E-state index in [2.05, 4.69) is 10.3 Å². The van der Waals surface area contributed by atoms with Crippen molar-refractivity contribution in [1.82, 2.24) is 15.6 Å². The minimum absolute atomic E-state index is 0.0287. The molecule has 0 atom stereocenters. The Bertz CT molecular complexity index is 749. The number of hydrogen-bond acceptors (Lipinski definition) is 6. The van der Waals surface area contributed by atoms with Gasteiger partial charge in [-0.25, -0.2) is 14.6 Å².